The van der Waals surface area contributed by atoms with Gasteiger partial charge in [-0.05, 0) is 57.9 Å². The van der Waals surface area contributed by atoms with Crippen LogP contribution in [0.3, 0.4) is 0 Å². The van der Waals surface area contributed by atoms with Gasteiger partial charge >= 0.3 is 0 Å². The van der Waals surface area contributed by atoms with Crippen LogP contribution in [0.1, 0.15) is 51.8 Å². The second-order valence-electron chi connectivity index (χ2n) is 9.69. The van der Waals surface area contributed by atoms with Gasteiger partial charge in [-0.25, -0.2) is 18.7 Å². The number of rotatable bonds is 4. The molecule has 3 saturated carbocycles. The number of ether oxygens (including phenoxy) is 2. The normalized spacial score (nSPS) is 35.0. The summed E-state index contributed by atoms with van der Waals surface area (Å²) in [6, 6.07) is 1.63. The second-order valence-corrected chi connectivity index (χ2v) is 9.69. The van der Waals surface area contributed by atoms with E-state index in [1.54, 1.807) is 20.2 Å². The molecule has 2 aromatic heterocycles. The molecule has 0 aromatic carbocycles. The molecule has 2 aromatic rings. The number of fused-ring (bicyclic) bond motifs is 4. The van der Waals surface area contributed by atoms with Crippen LogP contribution >= 0.6 is 0 Å². The van der Waals surface area contributed by atoms with Crippen LogP contribution in [0.15, 0.2) is 12.4 Å². The zero-order valence-electron chi connectivity index (χ0n) is 17.9. The Morgan fingerprint density at radius 2 is 2.13 bits per heavy atom. The molecule has 5 atom stereocenters. The van der Waals surface area contributed by atoms with E-state index in [1.165, 1.54) is 0 Å². The third kappa shape index (κ3) is 2.82. The molecule has 0 amide bonds. The van der Waals surface area contributed by atoms with E-state index in [4.69, 9.17) is 14.5 Å². The molecular weight excluding hydrogens is 402 g/mol. The highest BCUT2D eigenvalue weighted by molar-refractivity contribution is 5.86. The van der Waals surface area contributed by atoms with Crippen LogP contribution in [0.25, 0.3) is 11.2 Å². The largest absolute Gasteiger partial charge is 0.383 e. The lowest BCUT2D eigenvalue weighted by atomic mass is 10.00. The molecule has 6 nitrogen and oxygen atoms in total. The van der Waals surface area contributed by atoms with Crippen molar-refractivity contribution in [3.05, 3.63) is 18.1 Å². The standard InChI is InChI=1S/C23H26F2N4O2/c1-4-26-15-9-13(8-7-12-5-6-12)28-20-16(15)27-11-29(20)17-14-10-23(14,21(24)25)19-18(17)30-22(2,3)31-19/h9,11-12,14,17-19,21H,4-6,10H2,1-3H3,(H,26,28)/t14-,17-,18+,19+,23+/m1/s1. The van der Waals surface area contributed by atoms with Crippen molar-refractivity contribution in [2.75, 3.05) is 11.9 Å². The van der Waals surface area contributed by atoms with Crippen LogP contribution in [-0.2, 0) is 9.47 Å². The van der Waals surface area contributed by atoms with E-state index in [0.717, 1.165) is 30.6 Å². The van der Waals surface area contributed by atoms with Crippen LogP contribution in [0.2, 0.25) is 0 Å². The number of anilines is 1. The number of imidazole rings is 1. The van der Waals surface area contributed by atoms with Crippen LogP contribution < -0.4 is 5.32 Å². The molecule has 164 valence electrons. The lowest BCUT2D eigenvalue weighted by Crippen LogP contribution is -2.34. The summed E-state index contributed by atoms with van der Waals surface area (Å²) in [7, 11) is 0. The number of aromatic nitrogens is 3. The topological polar surface area (TPSA) is 61.2 Å². The van der Waals surface area contributed by atoms with E-state index in [2.05, 4.69) is 22.1 Å². The van der Waals surface area contributed by atoms with Crippen LogP contribution in [0, 0.1) is 29.1 Å². The molecule has 0 spiro atoms. The highest BCUT2D eigenvalue weighted by Gasteiger charge is 2.79. The van der Waals surface area contributed by atoms with Crippen molar-refractivity contribution >= 4 is 16.9 Å². The molecule has 6 rings (SSSR count). The first-order valence-electron chi connectivity index (χ1n) is 11.1. The molecule has 4 fully saturated rings. The third-order valence-corrected chi connectivity index (χ3v) is 7.12. The number of hydrogen-bond acceptors (Lipinski definition) is 5. The van der Waals surface area contributed by atoms with Crippen molar-refractivity contribution in [1.82, 2.24) is 14.5 Å². The molecule has 3 heterocycles. The molecule has 1 N–H and O–H groups in total. The van der Waals surface area contributed by atoms with E-state index >= 15 is 0 Å². The Morgan fingerprint density at radius 3 is 2.84 bits per heavy atom. The number of hydrogen-bond donors (Lipinski definition) is 1. The maximum Gasteiger partial charge on any atom is 0.247 e. The summed E-state index contributed by atoms with van der Waals surface area (Å²) in [5.74, 6) is 5.81. The van der Waals surface area contributed by atoms with Crippen LogP contribution in [0.5, 0.6) is 0 Å². The van der Waals surface area contributed by atoms with E-state index in [0.29, 0.717) is 23.7 Å². The Balaban J connectivity index is 1.46. The zero-order valence-corrected chi connectivity index (χ0v) is 17.9. The average Bonchev–Trinajstić information content (AvgIpc) is 3.58. The van der Waals surface area contributed by atoms with E-state index in [1.807, 2.05) is 17.6 Å². The van der Waals surface area contributed by atoms with Crippen molar-refractivity contribution in [3.8, 4) is 11.8 Å². The summed E-state index contributed by atoms with van der Waals surface area (Å²) >= 11 is 0. The Hall–Kier alpha value is -2.24. The Morgan fingerprint density at radius 1 is 1.32 bits per heavy atom. The maximum absolute atomic E-state index is 14.2. The molecule has 1 aliphatic heterocycles. The van der Waals surface area contributed by atoms with Crippen molar-refractivity contribution in [2.45, 2.75) is 70.5 Å². The first-order chi connectivity index (χ1) is 14.8. The Kier molecular flexibility index (Phi) is 4.01. The fourth-order valence-electron chi connectivity index (χ4n) is 5.52. The van der Waals surface area contributed by atoms with E-state index in [-0.39, 0.29) is 12.0 Å². The predicted molar refractivity (Wildman–Crippen MR) is 111 cm³/mol. The smallest absolute Gasteiger partial charge is 0.247 e. The van der Waals surface area contributed by atoms with Crippen molar-refractivity contribution in [3.63, 3.8) is 0 Å². The first-order valence-corrected chi connectivity index (χ1v) is 11.1. The molecule has 0 bridgehead atoms. The molecular formula is C23H26F2N4O2. The highest BCUT2D eigenvalue weighted by Crippen LogP contribution is 2.73. The summed E-state index contributed by atoms with van der Waals surface area (Å²) in [6.07, 6.45) is 0.898. The molecule has 3 aliphatic carbocycles. The summed E-state index contributed by atoms with van der Waals surface area (Å²) in [5, 5.41) is 3.35. The number of nitrogens with zero attached hydrogens (tertiary/aromatic N) is 3. The van der Waals surface area contributed by atoms with Gasteiger partial charge < -0.3 is 19.4 Å². The molecule has 0 unspecified atom stereocenters. The minimum Gasteiger partial charge on any atom is -0.383 e. The molecule has 31 heavy (non-hydrogen) atoms. The summed E-state index contributed by atoms with van der Waals surface area (Å²) < 4.78 is 42.5. The quantitative estimate of drug-likeness (QED) is 0.747. The van der Waals surface area contributed by atoms with Gasteiger partial charge in [-0.2, -0.15) is 0 Å². The van der Waals surface area contributed by atoms with E-state index < -0.39 is 29.8 Å². The van der Waals surface area contributed by atoms with Gasteiger partial charge in [0.25, 0.3) is 0 Å². The van der Waals surface area contributed by atoms with Gasteiger partial charge in [-0.3, -0.25) is 0 Å². The van der Waals surface area contributed by atoms with Gasteiger partial charge in [0, 0.05) is 12.5 Å². The minimum atomic E-state index is -2.45. The lowest BCUT2D eigenvalue weighted by molar-refractivity contribution is -0.168. The summed E-state index contributed by atoms with van der Waals surface area (Å²) in [6.45, 7) is 6.33. The molecule has 1 saturated heterocycles. The highest BCUT2D eigenvalue weighted by atomic mass is 19.3. The third-order valence-electron chi connectivity index (χ3n) is 7.12. The van der Waals surface area contributed by atoms with Crippen molar-refractivity contribution in [2.24, 2.45) is 17.3 Å². The summed E-state index contributed by atoms with van der Waals surface area (Å²) in [5.41, 5.74) is 1.77. The predicted octanol–water partition coefficient (Wildman–Crippen LogP) is 3.97. The minimum absolute atomic E-state index is 0.221. The number of nitrogens with one attached hydrogen (secondary N) is 1. The lowest BCUT2D eigenvalue weighted by Gasteiger charge is -2.24. The van der Waals surface area contributed by atoms with Gasteiger partial charge in [0.05, 0.1) is 23.5 Å². The van der Waals surface area contributed by atoms with E-state index in [9.17, 15) is 8.78 Å². The fourth-order valence-corrected chi connectivity index (χ4v) is 5.52. The fraction of sp³-hybridized carbons (Fsp3) is 0.652. The Labute approximate surface area is 179 Å². The monoisotopic (exact) mass is 428 g/mol. The van der Waals surface area contributed by atoms with Crippen LogP contribution in [0.4, 0.5) is 14.5 Å². The number of halogens is 2. The van der Waals surface area contributed by atoms with Crippen LogP contribution in [-0.4, -0.2) is 45.5 Å². The summed E-state index contributed by atoms with van der Waals surface area (Å²) in [4.78, 5) is 9.40. The maximum atomic E-state index is 14.2. The molecule has 8 heteroatoms. The van der Waals surface area contributed by atoms with Gasteiger partial charge in [0.1, 0.15) is 23.4 Å². The first kappa shape index (κ1) is 19.4. The second kappa shape index (κ2) is 6.39. The van der Waals surface area contributed by atoms with Crippen molar-refractivity contribution < 1.29 is 18.3 Å². The van der Waals surface area contributed by atoms with Gasteiger partial charge in [0.15, 0.2) is 11.4 Å². The SMILES string of the molecule is CCNc1cc(C#CC2CC2)nc2c1ncn2[C@H]1[C@@H]2OC(C)(C)O[C@@H]2[C@]2(C(F)F)C[C@H]12. The number of alkyl halides is 2. The average molecular weight is 428 g/mol. The number of pyridine rings is 1. The zero-order chi connectivity index (χ0) is 21.5. The Bertz CT molecular complexity index is 1120. The van der Waals surface area contributed by atoms with Gasteiger partial charge in [-0.15, -0.1) is 0 Å². The van der Waals surface area contributed by atoms with Gasteiger partial charge in [-0.1, -0.05) is 5.92 Å². The van der Waals surface area contributed by atoms with Gasteiger partial charge in [0.2, 0.25) is 6.43 Å². The van der Waals surface area contributed by atoms with Crippen molar-refractivity contribution in [1.29, 1.82) is 0 Å². The molecule has 4 aliphatic rings. The molecule has 0 radical (unpaired) electrons.